The minimum absolute atomic E-state index is 0.187. The van der Waals surface area contributed by atoms with Gasteiger partial charge in [0.25, 0.3) is 0 Å². The molecule has 0 aliphatic heterocycles. The van der Waals surface area contributed by atoms with Crippen LogP contribution in [-0.4, -0.2) is 66.2 Å². The van der Waals surface area contributed by atoms with Crippen molar-refractivity contribution in [2.45, 2.75) is 56.4 Å². The highest BCUT2D eigenvalue weighted by Crippen LogP contribution is 2.40. The topological polar surface area (TPSA) is 136 Å². The van der Waals surface area contributed by atoms with E-state index in [-0.39, 0.29) is 12.6 Å². The fraction of sp³-hybridized carbons (Fsp3) is 0.407. The Kier molecular flexibility index (Phi) is 6.49. The van der Waals surface area contributed by atoms with Gasteiger partial charge in [-0.3, -0.25) is 4.98 Å². The van der Waals surface area contributed by atoms with Gasteiger partial charge < -0.3 is 26.0 Å². The Hall–Kier alpha value is -3.18. The molecule has 2 saturated carbocycles. The van der Waals surface area contributed by atoms with Crippen LogP contribution in [0.15, 0.2) is 48.8 Å². The first-order valence-corrected chi connectivity index (χ1v) is 13.5. The molecule has 0 radical (unpaired) electrons. The number of rotatable bonds is 7. The van der Waals surface area contributed by atoms with Gasteiger partial charge in [0.1, 0.15) is 22.4 Å². The zero-order valence-electron chi connectivity index (χ0n) is 20.5. The summed E-state index contributed by atoms with van der Waals surface area (Å²) in [6.07, 6.45) is 3.90. The average molecular weight is 519 g/mol. The largest absolute Gasteiger partial charge is 0.396 e. The Labute approximate surface area is 218 Å². The van der Waals surface area contributed by atoms with E-state index in [2.05, 4.69) is 39.9 Å². The van der Waals surface area contributed by atoms with Crippen LogP contribution in [0.5, 0.6) is 0 Å². The number of thiazole rings is 1. The van der Waals surface area contributed by atoms with E-state index >= 15 is 0 Å². The van der Waals surface area contributed by atoms with Gasteiger partial charge in [0.2, 0.25) is 5.95 Å². The van der Waals surface area contributed by atoms with Gasteiger partial charge in [0.15, 0.2) is 0 Å². The molecule has 0 amide bonds. The maximum Gasteiger partial charge on any atom is 0.225 e. The van der Waals surface area contributed by atoms with Crippen molar-refractivity contribution in [2.24, 2.45) is 5.92 Å². The van der Waals surface area contributed by atoms with Crippen LogP contribution >= 0.6 is 11.3 Å². The molecule has 192 valence electrons. The molecule has 10 heteroatoms. The maximum absolute atomic E-state index is 10.7. The summed E-state index contributed by atoms with van der Waals surface area (Å²) in [7, 11) is 0. The predicted octanol–water partition coefficient (Wildman–Crippen LogP) is 3.33. The van der Waals surface area contributed by atoms with Gasteiger partial charge in [0, 0.05) is 24.8 Å². The van der Waals surface area contributed by atoms with Crippen molar-refractivity contribution in [3.63, 3.8) is 0 Å². The Morgan fingerprint density at radius 1 is 0.973 bits per heavy atom. The van der Waals surface area contributed by atoms with Crippen molar-refractivity contribution < 1.29 is 15.3 Å². The van der Waals surface area contributed by atoms with E-state index in [1.165, 1.54) is 16.9 Å². The van der Waals surface area contributed by atoms with E-state index in [0.29, 0.717) is 24.1 Å². The third-order valence-electron chi connectivity index (χ3n) is 7.59. The van der Waals surface area contributed by atoms with Gasteiger partial charge in [-0.2, -0.15) is 4.98 Å². The summed E-state index contributed by atoms with van der Waals surface area (Å²) >= 11 is 1.53. The fourth-order valence-corrected chi connectivity index (χ4v) is 6.46. The van der Waals surface area contributed by atoms with Crippen molar-refractivity contribution in [3.05, 3.63) is 60.0 Å². The first kappa shape index (κ1) is 24.2. The minimum Gasteiger partial charge on any atom is -0.396 e. The van der Waals surface area contributed by atoms with Gasteiger partial charge in [-0.15, -0.1) is 11.3 Å². The molecule has 2 fully saturated rings. The molecule has 5 N–H and O–H groups in total. The van der Waals surface area contributed by atoms with Crippen molar-refractivity contribution in [1.29, 1.82) is 0 Å². The quantitative estimate of drug-likeness (QED) is 0.249. The SMILES string of the molecule is Cc1nc(N[C@H]2C[C@H](c3ccccc3)C2)nc(N[C@@H]2C[C@H](CO)[C@@H](O)[C@H]2O)c1-c1nc2cnccc2s1. The number of benzene rings is 1. The number of aliphatic hydroxyl groups is 3. The summed E-state index contributed by atoms with van der Waals surface area (Å²) in [5.41, 5.74) is 3.68. The lowest BCUT2D eigenvalue weighted by atomic mass is 9.76. The van der Waals surface area contributed by atoms with Crippen LogP contribution in [0.2, 0.25) is 0 Å². The lowest BCUT2D eigenvalue weighted by Gasteiger charge is -2.36. The average Bonchev–Trinajstić information content (AvgIpc) is 3.42. The molecule has 6 rings (SSSR count). The van der Waals surface area contributed by atoms with E-state index in [0.717, 1.165) is 39.3 Å². The number of aromatic nitrogens is 4. The number of hydrogen-bond acceptors (Lipinski definition) is 10. The van der Waals surface area contributed by atoms with Crippen LogP contribution in [0.3, 0.4) is 0 Å². The van der Waals surface area contributed by atoms with Crippen LogP contribution in [0.1, 0.15) is 36.4 Å². The molecular weight excluding hydrogens is 488 g/mol. The van der Waals surface area contributed by atoms with Crippen LogP contribution in [0.25, 0.3) is 20.8 Å². The van der Waals surface area contributed by atoms with Gasteiger partial charge in [-0.05, 0) is 43.7 Å². The Morgan fingerprint density at radius 2 is 1.78 bits per heavy atom. The monoisotopic (exact) mass is 518 g/mol. The van der Waals surface area contributed by atoms with Crippen LogP contribution in [-0.2, 0) is 0 Å². The summed E-state index contributed by atoms with van der Waals surface area (Å²) in [6.45, 7) is 1.75. The first-order valence-electron chi connectivity index (χ1n) is 12.6. The second kappa shape index (κ2) is 9.94. The molecule has 4 atom stereocenters. The number of nitrogens with zero attached hydrogens (tertiary/aromatic N) is 4. The van der Waals surface area contributed by atoms with Crippen molar-refractivity contribution in [2.75, 3.05) is 17.2 Å². The smallest absolute Gasteiger partial charge is 0.225 e. The first-order chi connectivity index (χ1) is 18.0. The number of aryl methyl sites for hydroxylation is 1. The second-order valence-corrected chi connectivity index (χ2v) is 11.1. The van der Waals surface area contributed by atoms with Crippen molar-refractivity contribution >= 4 is 33.3 Å². The molecule has 9 nitrogen and oxygen atoms in total. The summed E-state index contributed by atoms with van der Waals surface area (Å²) in [6, 6.07) is 12.3. The number of hydrogen-bond donors (Lipinski definition) is 5. The molecule has 1 aromatic carbocycles. The third-order valence-corrected chi connectivity index (χ3v) is 8.65. The normalized spacial score (nSPS) is 27.2. The van der Waals surface area contributed by atoms with Crippen molar-refractivity contribution in [1.82, 2.24) is 19.9 Å². The van der Waals surface area contributed by atoms with Gasteiger partial charge in [-0.25, -0.2) is 9.97 Å². The third kappa shape index (κ3) is 4.66. The van der Waals surface area contributed by atoms with E-state index in [4.69, 9.17) is 15.0 Å². The summed E-state index contributed by atoms with van der Waals surface area (Å²) < 4.78 is 1.01. The Balaban J connectivity index is 1.30. The summed E-state index contributed by atoms with van der Waals surface area (Å²) in [4.78, 5) is 18.6. The Bertz CT molecular complexity index is 1360. The highest BCUT2D eigenvalue weighted by Gasteiger charge is 2.41. The number of fused-ring (bicyclic) bond motifs is 1. The molecule has 3 aromatic heterocycles. The van der Waals surface area contributed by atoms with Gasteiger partial charge in [-0.1, -0.05) is 30.3 Å². The number of pyridine rings is 1. The zero-order valence-corrected chi connectivity index (χ0v) is 21.3. The molecule has 0 saturated heterocycles. The van der Waals surface area contributed by atoms with Crippen LogP contribution in [0, 0.1) is 12.8 Å². The highest BCUT2D eigenvalue weighted by molar-refractivity contribution is 7.21. The van der Waals surface area contributed by atoms with E-state index in [9.17, 15) is 15.3 Å². The Morgan fingerprint density at radius 3 is 2.51 bits per heavy atom. The van der Waals surface area contributed by atoms with E-state index in [1.807, 2.05) is 19.1 Å². The molecular formula is C27H30N6O3S. The molecule has 4 aromatic rings. The standard InChI is InChI=1S/C27H30N6O3S/c1-14-22(26-32-20-12-28-8-7-21(20)37-26)25(31-19-11-17(13-34)23(35)24(19)36)33-27(29-14)30-18-9-16(10-18)15-5-3-2-4-6-15/h2-8,12,16-19,23-24,34-36H,9-11,13H2,1H3,(H2,29,30,31,33)/t16-,17-,18-,19-,23-,24+/m1/s1. The predicted molar refractivity (Wildman–Crippen MR) is 144 cm³/mol. The highest BCUT2D eigenvalue weighted by atomic mass is 32.1. The molecule has 37 heavy (non-hydrogen) atoms. The lowest BCUT2D eigenvalue weighted by molar-refractivity contribution is 0.00446. The summed E-state index contributed by atoms with van der Waals surface area (Å²) in [5.74, 6) is 1.21. The molecule has 0 bridgehead atoms. The van der Waals surface area contributed by atoms with Crippen molar-refractivity contribution in [3.8, 4) is 10.6 Å². The molecule has 0 spiro atoms. The lowest BCUT2D eigenvalue weighted by Crippen LogP contribution is -2.36. The van der Waals surface area contributed by atoms with Gasteiger partial charge >= 0.3 is 0 Å². The molecule has 2 aliphatic carbocycles. The number of nitrogens with one attached hydrogen (secondary N) is 2. The van der Waals surface area contributed by atoms with E-state index in [1.54, 1.807) is 12.4 Å². The molecule has 2 aliphatic rings. The van der Waals surface area contributed by atoms with Gasteiger partial charge in [0.05, 0.1) is 34.3 Å². The van der Waals surface area contributed by atoms with E-state index < -0.39 is 24.2 Å². The molecule has 3 heterocycles. The fourth-order valence-electron chi connectivity index (χ4n) is 5.42. The summed E-state index contributed by atoms with van der Waals surface area (Å²) in [5, 5.41) is 38.3. The van der Waals surface area contributed by atoms with Crippen LogP contribution < -0.4 is 10.6 Å². The minimum atomic E-state index is -1.02. The van der Waals surface area contributed by atoms with Crippen LogP contribution in [0.4, 0.5) is 11.8 Å². The number of aliphatic hydroxyl groups excluding tert-OH is 3. The second-order valence-electron chi connectivity index (χ2n) is 10.0. The zero-order chi connectivity index (χ0) is 25.5. The number of anilines is 2. The maximum atomic E-state index is 10.7. The molecule has 0 unspecified atom stereocenters.